The zero-order valence-electron chi connectivity index (χ0n) is 12.5. The van der Waals surface area contributed by atoms with Crippen molar-refractivity contribution in [3.8, 4) is 11.5 Å². The molecule has 122 valence electrons. The first-order valence-corrected chi connectivity index (χ1v) is 8.19. The minimum atomic E-state index is -0.225. The monoisotopic (exact) mass is 380 g/mol. The van der Waals surface area contributed by atoms with Gasteiger partial charge in [-0.25, -0.2) is 0 Å². The second-order valence-corrected chi connectivity index (χ2v) is 6.36. The van der Waals surface area contributed by atoms with Gasteiger partial charge in [-0.05, 0) is 40.9 Å². The molecule has 0 aliphatic carbocycles. The number of carbonyl (C=O) groups is 2. The fourth-order valence-electron chi connectivity index (χ4n) is 2.80. The third-order valence-corrected chi connectivity index (χ3v) is 4.56. The lowest BCUT2D eigenvalue weighted by molar-refractivity contribution is -0.130. The van der Waals surface area contributed by atoms with Crippen molar-refractivity contribution >= 4 is 33.4 Å². The first kappa shape index (κ1) is 15.9. The molecule has 1 fully saturated rings. The zero-order chi connectivity index (χ0) is 16.4. The molecule has 2 amide bonds. The van der Waals surface area contributed by atoms with Gasteiger partial charge in [-0.1, -0.05) is 6.58 Å². The van der Waals surface area contributed by atoms with Crippen LogP contribution in [-0.2, 0) is 9.59 Å². The van der Waals surface area contributed by atoms with Crippen molar-refractivity contribution in [2.24, 2.45) is 5.92 Å². The molecule has 3 rings (SSSR count). The molecular weight excluding hydrogens is 364 g/mol. The normalized spacial score (nSPS) is 19.3. The quantitative estimate of drug-likeness (QED) is 0.818. The molecule has 6 nitrogen and oxygen atoms in total. The number of ether oxygens (including phenoxy) is 2. The fourth-order valence-corrected chi connectivity index (χ4v) is 3.36. The second kappa shape index (κ2) is 6.62. The molecule has 0 bridgehead atoms. The molecule has 23 heavy (non-hydrogen) atoms. The van der Waals surface area contributed by atoms with E-state index in [1.165, 1.54) is 6.08 Å². The lowest BCUT2D eigenvalue weighted by Gasteiger charge is -2.31. The van der Waals surface area contributed by atoms with Crippen LogP contribution < -0.4 is 14.8 Å². The number of nitrogens with zero attached hydrogens (tertiary/aromatic N) is 1. The molecule has 0 spiro atoms. The molecule has 2 heterocycles. The number of benzene rings is 1. The summed E-state index contributed by atoms with van der Waals surface area (Å²) in [7, 11) is 0. The van der Waals surface area contributed by atoms with Crippen molar-refractivity contribution in [1.82, 2.24) is 4.90 Å². The molecule has 2 aliphatic heterocycles. The van der Waals surface area contributed by atoms with Crippen molar-refractivity contribution in [1.29, 1.82) is 0 Å². The van der Waals surface area contributed by atoms with Crippen molar-refractivity contribution in [2.75, 3.05) is 25.2 Å². The minimum absolute atomic E-state index is 0.0997. The number of carbonyl (C=O) groups excluding carboxylic acids is 2. The first-order valence-electron chi connectivity index (χ1n) is 7.40. The van der Waals surface area contributed by atoms with Crippen molar-refractivity contribution in [3.63, 3.8) is 0 Å². The lowest BCUT2D eigenvalue weighted by atomic mass is 9.97. The van der Waals surface area contributed by atoms with Crippen LogP contribution in [0.3, 0.4) is 0 Å². The van der Waals surface area contributed by atoms with Gasteiger partial charge in [-0.2, -0.15) is 0 Å². The van der Waals surface area contributed by atoms with E-state index in [0.717, 1.165) is 17.3 Å². The Balaban J connectivity index is 1.68. The molecule has 1 aromatic carbocycles. The smallest absolute Gasteiger partial charge is 0.245 e. The predicted molar refractivity (Wildman–Crippen MR) is 88.4 cm³/mol. The summed E-state index contributed by atoms with van der Waals surface area (Å²) in [6.07, 6.45) is 2.86. The van der Waals surface area contributed by atoms with E-state index in [-0.39, 0.29) is 24.5 Å². The molecule has 0 aromatic heterocycles. The maximum absolute atomic E-state index is 12.5. The highest BCUT2D eigenvalue weighted by Gasteiger charge is 2.28. The summed E-state index contributed by atoms with van der Waals surface area (Å²) in [5.41, 5.74) is 0.637. The van der Waals surface area contributed by atoms with Gasteiger partial charge in [0.2, 0.25) is 18.6 Å². The molecular formula is C16H17BrN2O4. The van der Waals surface area contributed by atoms with Gasteiger partial charge in [0.1, 0.15) is 0 Å². The first-order chi connectivity index (χ1) is 11.1. The minimum Gasteiger partial charge on any atom is -0.453 e. The summed E-state index contributed by atoms with van der Waals surface area (Å²) < 4.78 is 11.4. The summed E-state index contributed by atoms with van der Waals surface area (Å²) in [6.45, 7) is 4.76. The third-order valence-electron chi connectivity index (χ3n) is 3.97. The number of likely N-dealkylation sites (tertiary alicyclic amines) is 1. The summed E-state index contributed by atoms with van der Waals surface area (Å²) in [6, 6.07) is 3.52. The number of halogens is 1. The van der Waals surface area contributed by atoms with Crippen LogP contribution in [0.1, 0.15) is 12.8 Å². The Kier molecular flexibility index (Phi) is 4.56. The van der Waals surface area contributed by atoms with E-state index in [2.05, 4.69) is 27.8 Å². The van der Waals surface area contributed by atoms with Gasteiger partial charge in [-0.15, -0.1) is 0 Å². The van der Waals surface area contributed by atoms with E-state index in [1.54, 1.807) is 17.0 Å². The van der Waals surface area contributed by atoms with E-state index in [9.17, 15) is 9.59 Å². The Morgan fingerprint density at radius 2 is 2.22 bits per heavy atom. The highest BCUT2D eigenvalue weighted by atomic mass is 79.9. The molecule has 1 N–H and O–H groups in total. The Morgan fingerprint density at radius 1 is 1.39 bits per heavy atom. The maximum atomic E-state index is 12.5. The average Bonchev–Trinajstić information content (AvgIpc) is 3.03. The summed E-state index contributed by atoms with van der Waals surface area (Å²) >= 11 is 3.40. The number of hydrogen-bond acceptors (Lipinski definition) is 4. The lowest BCUT2D eigenvalue weighted by Crippen LogP contribution is -2.43. The predicted octanol–water partition coefficient (Wildman–Crippen LogP) is 2.54. The Hall–Kier alpha value is -2.02. The SMILES string of the molecule is C=CC(=O)N1CCCC(C(=O)Nc2cc(Br)c3c(c2)OCO3)C1. The molecule has 1 unspecified atom stereocenters. The Labute approximate surface area is 142 Å². The fraction of sp³-hybridized carbons (Fsp3) is 0.375. The zero-order valence-corrected chi connectivity index (χ0v) is 14.1. The van der Waals surface area contributed by atoms with Crippen LogP contribution in [0.15, 0.2) is 29.3 Å². The highest BCUT2D eigenvalue weighted by molar-refractivity contribution is 9.10. The Morgan fingerprint density at radius 3 is 3.00 bits per heavy atom. The Bertz CT molecular complexity index is 662. The van der Waals surface area contributed by atoms with Gasteiger partial charge in [0.05, 0.1) is 10.4 Å². The van der Waals surface area contributed by atoms with Crippen LogP contribution in [-0.4, -0.2) is 36.6 Å². The van der Waals surface area contributed by atoms with Crippen LogP contribution in [0, 0.1) is 5.92 Å². The molecule has 1 saturated heterocycles. The van der Waals surface area contributed by atoms with Crippen molar-refractivity contribution < 1.29 is 19.1 Å². The third kappa shape index (κ3) is 3.34. The van der Waals surface area contributed by atoms with E-state index in [1.807, 2.05) is 0 Å². The largest absolute Gasteiger partial charge is 0.453 e. The van der Waals surface area contributed by atoms with Crippen LogP contribution in [0.2, 0.25) is 0 Å². The van der Waals surface area contributed by atoms with Gasteiger partial charge in [0, 0.05) is 24.8 Å². The van der Waals surface area contributed by atoms with Gasteiger partial charge in [0.25, 0.3) is 0 Å². The van der Waals surface area contributed by atoms with Crippen LogP contribution in [0.4, 0.5) is 5.69 Å². The van der Waals surface area contributed by atoms with Gasteiger partial charge in [0.15, 0.2) is 11.5 Å². The topological polar surface area (TPSA) is 67.9 Å². The number of rotatable bonds is 3. The number of amides is 2. The number of fused-ring (bicyclic) bond motifs is 1. The molecule has 2 aliphatic rings. The molecule has 1 atom stereocenters. The number of hydrogen-bond donors (Lipinski definition) is 1. The second-order valence-electron chi connectivity index (χ2n) is 5.51. The molecule has 7 heteroatoms. The van der Waals surface area contributed by atoms with E-state index in [4.69, 9.17) is 9.47 Å². The number of nitrogens with one attached hydrogen (secondary N) is 1. The summed E-state index contributed by atoms with van der Waals surface area (Å²) in [5.74, 6) is 0.785. The molecule has 0 radical (unpaired) electrons. The maximum Gasteiger partial charge on any atom is 0.245 e. The number of piperidine rings is 1. The van der Waals surface area contributed by atoms with Crippen LogP contribution in [0.25, 0.3) is 0 Å². The van der Waals surface area contributed by atoms with Gasteiger partial charge >= 0.3 is 0 Å². The van der Waals surface area contributed by atoms with Crippen LogP contribution in [0.5, 0.6) is 11.5 Å². The van der Waals surface area contributed by atoms with E-state index < -0.39 is 0 Å². The van der Waals surface area contributed by atoms with E-state index >= 15 is 0 Å². The van der Waals surface area contributed by atoms with Gasteiger partial charge < -0.3 is 19.7 Å². The number of anilines is 1. The van der Waals surface area contributed by atoms with E-state index in [0.29, 0.717) is 30.3 Å². The summed E-state index contributed by atoms with van der Waals surface area (Å²) in [5, 5.41) is 2.89. The molecule has 0 saturated carbocycles. The summed E-state index contributed by atoms with van der Waals surface area (Å²) in [4.78, 5) is 25.8. The molecule has 1 aromatic rings. The van der Waals surface area contributed by atoms with Crippen LogP contribution >= 0.6 is 15.9 Å². The van der Waals surface area contributed by atoms with Gasteiger partial charge in [-0.3, -0.25) is 9.59 Å². The highest BCUT2D eigenvalue weighted by Crippen LogP contribution is 2.41. The van der Waals surface area contributed by atoms with Crippen molar-refractivity contribution in [3.05, 3.63) is 29.3 Å². The average molecular weight is 381 g/mol. The van der Waals surface area contributed by atoms with Crippen molar-refractivity contribution in [2.45, 2.75) is 12.8 Å². The standard InChI is InChI=1S/C16H17BrN2O4/c1-2-14(20)19-5-3-4-10(8-19)16(21)18-11-6-12(17)15-13(7-11)22-9-23-15/h2,6-7,10H,1,3-5,8-9H2,(H,18,21).